The van der Waals surface area contributed by atoms with Crippen molar-refractivity contribution < 1.29 is 0 Å². The highest BCUT2D eigenvalue weighted by Gasteiger charge is 2.41. The summed E-state index contributed by atoms with van der Waals surface area (Å²) in [6.45, 7) is 7.90. The Labute approximate surface area is 127 Å². The standard InChI is InChI=1S/C18H27N3/c1-4-11-21-15-8-6-5-7-14(15)20-16(21)12-18(19)10-9-17(2,3)13-18/h5-8H,4,9-13,19H2,1-3H3. The topological polar surface area (TPSA) is 43.8 Å². The van der Waals surface area contributed by atoms with Gasteiger partial charge in [-0.15, -0.1) is 0 Å². The fourth-order valence-electron chi connectivity index (χ4n) is 3.92. The maximum Gasteiger partial charge on any atom is 0.111 e. The van der Waals surface area contributed by atoms with Crippen LogP contribution in [0.3, 0.4) is 0 Å². The number of rotatable bonds is 4. The summed E-state index contributed by atoms with van der Waals surface area (Å²) in [4.78, 5) is 4.87. The van der Waals surface area contributed by atoms with Crippen LogP contribution in [0.15, 0.2) is 24.3 Å². The van der Waals surface area contributed by atoms with Gasteiger partial charge in [-0.1, -0.05) is 32.9 Å². The first kappa shape index (κ1) is 14.6. The number of nitrogens with two attached hydrogens (primary N) is 1. The van der Waals surface area contributed by atoms with E-state index < -0.39 is 0 Å². The lowest BCUT2D eigenvalue weighted by atomic mass is 9.86. The molecule has 1 heterocycles. The van der Waals surface area contributed by atoms with E-state index in [0.717, 1.165) is 37.7 Å². The molecule has 0 radical (unpaired) electrons. The molecule has 114 valence electrons. The molecule has 1 aromatic heterocycles. The summed E-state index contributed by atoms with van der Waals surface area (Å²) in [5.74, 6) is 1.17. The lowest BCUT2D eigenvalue weighted by molar-refractivity contribution is 0.329. The molecule has 0 bridgehead atoms. The summed E-state index contributed by atoms with van der Waals surface area (Å²) < 4.78 is 2.37. The molecule has 1 aromatic carbocycles. The van der Waals surface area contributed by atoms with Gasteiger partial charge in [0, 0.05) is 18.5 Å². The minimum Gasteiger partial charge on any atom is -0.328 e. The summed E-state index contributed by atoms with van der Waals surface area (Å²) in [5, 5.41) is 0. The molecular weight excluding hydrogens is 258 g/mol. The monoisotopic (exact) mass is 285 g/mol. The fraction of sp³-hybridized carbons (Fsp3) is 0.611. The molecule has 1 aliphatic rings. The molecule has 0 amide bonds. The van der Waals surface area contributed by atoms with Crippen molar-refractivity contribution in [3.63, 3.8) is 0 Å². The molecule has 3 heteroatoms. The van der Waals surface area contributed by atoms with Crippen molar-refractivity contribution in [3.8, 4) is 0 Å². The molecule has 21 heavy (non-hydrogen) atoms. The van der Waals surface area contributed by atoms with Gasteiger partial charge in [0.2, 0.25) is 0 Å². The van der Waals surface area contributed by atoms with Crippen LogP contribution in [0.4, 0.5) is 0 Å². The van der Waals surface area contributed by atoms with Crippen molar-refractivity contribution in [1.29, 1.82) is 0 Å². The SMILES string of the molecule is CCCn1c(CC2(N)CCC(C)(C)C2)nc2ccccc21. The predicted molar refractivity (Wildman–Crippen MR) is 88.3 cm³/mol. The first-order valence-electron chi connectivity index (χ1n) is 8.16. The lowest BCUT2D eigenvalue weighted by Crippen LogP contribution is -2.40. The second-order valence-electron chi connectivity index (χ2n) is 7.55. The summed E-state index contributed by atoms with van der Waals surface area (Å²) >= 11 is 0. The number of aromatic nitrogens is 2. The number of nitrogens with zero attached hydrogens (tertiary/aromatic N) is 2. The van der Waals surface area contributed by atoms with Gasteiger partial charge in [-0.2, -0.15) is 0 Å². The van der Waals surface area contributed by atoms with Gasteiger partial charge >= 0.3 is 0 Å². The molecule has 2 N–H and O–H groups in total. The average molecular weight is 285 g/mol. The summed E-state index contributed by atoms with van der Waals surface area (Å²) in [5.41, 5.74) is 9.33. The molecule has 1 saturated carbocycles. The Hall–Kier alpha value is -1.35. The third kappa shape index (κ3) is 2.84. The van der Waals surface area contributed by atoms with E-state index in [1.54, 1.807) is 0 Å². The number of fused-ring (bicyclic) bond motifs is 1. The van der Waals surface area contributed by atoms with Gasteiger partial charge in [0.1, 0.15) is 5.82 Å². The zero-order valence-electron chi connectivity index (χ0n) is 13.5. The molecule has 1 unspecified atom stereocenters. The van der Waals surface area contributed by atoms with Crippen LogP contribution in [0.25, 0.3) is 11.0 Å². The van der Waals surface area contributed by atoms with Crippen LogP contribution >= 0.6 is 0 Å². The zero-order chi connectivity index (χ0) is 15.1. The Morgan fingerprint density at radius 1 is 1.24 bits per heavy atom. The summed E-state index contributed by atoms with van der Waals surface area (Å²) in [7, 11) is 0. The maximum atomic E-state index is 6.70. The molecule has 0 aliphatic heterocycles. The van der Waals surface area contributed by atoms with E-state index in [9.17, 15) is 0 Å². The summed E-state index contributed by atoms with van der Waals surface area (Å²) in [6.07, 6.45) is 5.43. The normalized spacial score (nSPS) is 24.8. The first-order valence-corrected chi connectivity index (χ1v) is 8.16. The molecule has 0 saturated heterocycles. The van der Waals surface area contributed by atoms with E-state index in [0.29, 0.717) is 5.41 Å². The Bertz CT molecular complexity index is 641. The van der Waals surface area contributed by atoms with Crippen molar-refractivity contribution in [2.24, 2.45) is 11.1 Å². The molecule has 1 fully saturated rings. The quantitative estimate of drug-likeness (QED) is 0.926. The smallest absolute Gasteiger partial charge is 0.111 e. The van der Waals surface area contributed by atoms with Gasteiger partial charge in [-0.25, -0.2) is 4.98 Å². The van der Waals surface area contributed by atoms with Crippen molar-refractivity contribution in [2.75, 3.05) is 0 Å². The maximum absolute atomic E-state index is 6.70. The third-order valence-electron chi connectivity index (χ3n) is 4.82. The first-order chi connectivity index (χ1) is 9.92. The lowest BCUT2D eigenvalue weighted by Gasteiger charge is -2.26. The van der Waals surface area contributed by atoms with Crippen LogP contribution in [0, 0.1) is 5.41 Å². The number of benzene rings is 1. The Morgan fingerprint density at radius 3 is 2.67 bits per heavy atom. The van der Waals surface area contributed by atoms with E-state index in [4.69, 9.17) is 10.7 Å². The predicted octanol–water partition coefficient (Wildman–Crippen LogP) is 3.90. The van der Waals surface area contributed by atoms with Crippen molar-refractivity contribution in [2.45, 2.75) is 65.0 Å². The van der Waals surface area contributed by atoms with Gasteiger partial charge in [0.15, 0.2) is 0 Å². The number of aryl methyl sites for hydroxylation is 1. The van der Waals surface area contributed by atoms with Crippen LogP contribution in [-0.2, 0) is 13.0 Å². The van der Waals surface area contributed by atoms with Crippen LogP contribution in [0.2, 0.25) is 0 Å². The minimum atomic E-state index is -0.0869. The average Bonchev–Trinajstić information content (AvgIpc) is 2.88. The Morgan fingerprint density at radius 2 is 2.00 bits per heavy atom. The van der Waals surface area contributed by atoms with E-state index in [2.05, 4.69) is 49.6 Å². The molecule has 3 rings (SSSR count). The van der Waals surface area contributed by atoms with E-state index in [1.807, 2.05) is 0 Å². The van der Waals surface area contributed by atoms with Gasteiger partial charge < -0.3 is 10.3 Å². The van der Waals surface area contributed by atoms with Crippen LogP contribution < -0.4 is 5.73 Å². The van der Waals surface area contributed by atoms with Crippen LogP contribution in [0.1, 0.15) is 52.3 Å². The largest absolute Gasteiger partial charge is 0.328 e. The zero-order valence-corrected chi connectivity index (χ0v) is 13.5. The minimum absolute atomic E-state index is 0.0869. The Kier molecular flexibility index (Phi) is 3.56. The van der Waals surface area contributed by atoms with Crippen molar-refractivity contribution >= 4 is 11.0 Å². The summed E-state index contributed by atoms with van der Waals surface area (Å²) in [6, 6.07) is 8.43. The second-order valence-corrected chi connectivity index (χ2v) is 7.55. The molecule has 3 nitrogen and oxygen atoms in total. The van der Waals surface area contributed by atoms with Gasteiger partial charge in [0.05, 0.1) is 11.0 Å². The van der Waals surface area contributed by atoms with Gasteiger partial charge in [-0.3, -0.25) is 0 Å². The molecule has 0 spiro atoms. The van der Waals surface area contributed by atoms with Gasteiger partial charge in [0.25, 0.3) is 0 Å². The molecule has 1 atom stereocenters. The third-order valence-corrected chi connectivity index (χ3v) is 4.82. The highest BCUT2D eigenvalue weighted by atomic mass is 15.1. The van der Waals surface area contributed by atoms with Gasteiger partial charge in [-0.05, 0) is 43.2 Å². The highest BCUT2D eigenvalue weighted by Crippen LogP contribution is 2.43. The Balaban J connectivity index is 1.95. The molecular formula is C18H27N3. The second kappa shape index (κ2) is 5.13. The van der Waals surface area contributed by atoms with Crippen LogP contribution in [-0.4, -0.2) is 15.1 Å². The van der Waals surface area contributed by atoms with Crippen molar-refractivity contribution in [1.82, 2.24) is 9.55 Å². The van der Waals surface area contributed by atoms with E-state index >= 15 is 0 Å². The van der Waals surface area contributed by atoms with Crippen molar-refractivity contribution in [3.05, 3.63) is 30.1 Å². The van der Waals surface area contributed by atoms with Crippen LogP contribution in [0.5, 0.6) is 0 Å². The van der Waals surface area contributed by atoms with E-state index in [1.165, 1.54) is 17.8 Å². The highest BCUT2D eigenvalue weighted by molar-refractivity contribution is 5.75. The molecule has 1 aliphatic carbocycles. The fourth-order valence-corrected chi connectivity index (χ4v) is 3.92. The van der Waals surface area contributed by atoms with E-state index in [-0.39, 0.29) is 5.54 Å². The molecule has 2 aromatic rings. The number of hydrogen-bond acceptors (Lipinski definition) is 2. The number of imidazole rings is 1. The number of hydrogen-bond donors (Lipinski definition) is 1. The number of para-hydroxylation sites is 2.